The number of benzene rings is 2. The van der Waals surface area contributed by atoms with Crippen LogP contribution in [0.25, 0.3) is 11.1 Å². The molecule has 2 aromatic carbocycles. The highest BCUT2D eigenvalue weighted by molar-refractivity contribution is 6.30. The highest BCUT2D eigenvalue weighted by atomic mass is 35.5. The van der Waals surface area contributed by atoms with Gasteiger partial charge in [-0.2, -0.15) is 0 Å². The molecule has 1 saturated heterocycles. The smallest absolute Gasteiger partial charge is 0.253 e. The lowest BCUT2D eigenvalue weighted by atomic mass is 10.0. The van der Waals surface area contributed by atoms with Crippen LogP contribution in [-0.4, -0.2) is 38.9 Å². The Kier molecular flexibility index (Phi) is 4.24. The number of carbonyl (C=O) groups excluding carboxylic acids is 1. The van der Waals surface area contributed by atoms with E-state index in [1.807, 2.05) is 64.3 Å². The van der Waals surface area contributed by atoms with Crippen LogP contribution in [0.15, 0.2) is 60.9 Å². The average molecular weight is 353 g/mol. The lowest BCUT2D eigenvalue weighted by molar-refractivity contribution is 0.0787. The molecule has 1 amide bonds. The molecule has 0 saturated carbocycles. The van der Waals surface area contributed by atoms with Gasteiger partial charge in [0.15, 0.2) is 0 Å². The van der Waals surface area contributed by atoms with Gasteiger partial charge >= 0.3 is 0 Å². The summed E-state index contributed by atoms with van der Waals surface area (Å²) in [5.74, 6) is 0.0558. The molecular weight excluding hydrogens is 336 g/mol. The molecule has 25 heavy (non-hydrogen) atoms. The number of amides is 1. The summed E-state index contributed by atoms with van der Waals surface area (Å²) < 4.78 is 1.83. The molecule has 1 unspecified atom stereocenters. The first-order valence-electron chi connectivity index (χ1n) is 8.22. The number of halogens is 1. The Morgan fingerprint density at radius 3 is 2.68 bits per heavy atom. The largest absolute Gasteiger partial charge is 0.336 e. The zero-order chi connectivity index (χ0) is 17.2. The third kappa shape index (κ3) is 3.28. The molecule has 126 valence electrons. The Balaban J connectivity index is 1.48. The van der Waals surface area contributed by atoms with Gasteiger partial charge in [0.1, 0.15) is 0 Å². The summed E-state index contributed by atoms with van der Waals surface area (Å²) in [5.41, 5.74) is 2.78. The first kappa shape index (κ1) is 15.8. The van der Waals surface area contributed by atoms with E-state index in [-0.39, 0.29) is 11.9 Å². The Hall–Kier alpha value is -2.66. The van der Waals surface area contributed by atoms with E-state index in [1.165, 1.54) is 0 Å². The summed E-state index contributed by atoms with van der Waals surface area (Å²) in [6, 6.07) is 15.6. The first-order valence-corrected chi connectivity index (χ1v) is 8.59. The molecule has 5 nitrogen and oxygen atoms in total. The van der Waals surface area contributed by atoms with Crippen LogP contribution in [0, 0.1) is 0 Å². The fourth-order valence-corrected chi connectivity index (χ4v) is 3.40. The van der Waals surface area contributed by atoms with E-state index in [9.17, 15) is 4.79 Å². The molecule has 2 heterocycles. The van der Waals surface area contributed by atoms with E-state index >= 15 is 0 Å². The maximum absolute atomic E-state index is 12.7. The number of rotatable bonds is 3. The van der Waals surface area contributed by atoms with Crippen molar-refractivity contribution in [2.75, 3.05) is 13.1 Å². The summed E-state index contributed by atoms with van der Waals surface area (Å²) in [6.07, 6.45) is 4.41. The summed E-state index contributed by atoms with van der Waals surface area (Å²) in [4.78, 5) is 14.6. The predicted octanol–water partition coefficient (Wildman–Crippen LogP) is 3.69. The van der Waals surface area contributed by atoms with Crippen molar-refractivity contribution in [1.82, 2.24) is 19.9 Å². The minimum absolute atomic E-state index is 0.0558. The van der Waals surface area contributed by atoms with Crippen molar-refractivity contribution < 1.29 is 4.79 Å². The summed E-state index contributed by atoms with van der Waals surface area (Å²) >= 11 is 6.05. The van der Waals surface area contributed by atoms with Crippen LogP contribution in [0.1, 0.15) is 22.8 Å². The minimum atomic E-state index is 0.0558. The van der Waals surface area contributed by atoms with Crippen LogP contribution in [-0.2, 0) is 0 Å². The van der Waals surface area contributed by atoms with Crippen LogP contribution in [0.2, 0.25) is 5.02 Å². The number of hydrogen-bond acceptors (Lipinski definition) is 3. The molecule has 0 radical (unpaired) electrons. The van der Waals surface area contributed by atoms with E-state index in [4.69, 9.17) is 11.6 Å². The number of hydrogen-bond donors (Lipinski definition) is 0. The Bertz CT molecular complexity index is 877. The van der Waals surface area contributed by atoms with Gasteiger partial charge in [-0.05, 0) is 41.8 Å². The molecule has 3 aromatic rings. The zero-order valence-corrected chi connectivity index (χ0v) is 14.3. The molecular formula is C19H17ClN4O. The van der Waals surface area contributed by atoms with Crippen molar-refractivity contribution in [2.45, 2.75) is 12.5 Å². The minimum Gasteiger partial charge on any atom is -0.336 e. The summed E-state index contributed by atoms with van der Waals surface area (Å²) in [7, 11) is 0. The molecule has 4 rings (SSSR count). The first-order chi connectivity index (χ1) is 12.2. The quantitative estimate of drug-likeness (QED) is 0.722. The molecule has 1 aliphatic rings. The SMILES string of the molecule is O=C(c1ccc(-c2cccc(Cl)c2)cc1)N1CCC(n2ccnn2)C1. The third-order valence-electron chi connectivity index (χ3n) is 4.56. The van der Waals surface area contributed by atoms with Crippen molar-refractivity contribution in [1.29, 1.82) is 0 Å². The number of likely N-dealkylation sites (tertiary alicyclic amines) is 1. The van der Waals surface area contributed by atoms with Crippen molar-refractivity contribution >= 4 is 17.5 Å². The lowest BCUT2D eigenvalue weighted by Crippen LogP contribution is -2.29. The topological polar surface area (TPSA) is 51.0 Å². The maximum Gasteiger partial charge on any atom is 0.253 e. The van der Waals surface area contributed by atoms with Crippen LogP contribution in [0.3, 0.4) is 0 Å². The van der Waals surface area contributed by atoms with Crippen LogP contribution >= 0.6 is 11.6 Å². The number of carbonyl (C=O) groups is 1. The highest BCUT2D eigenvalue weighted by Gasteiger charge is 2.28. The van der Waals surface area contributed by atoms with Gasteiger partial charge in [-0.3, -0.25) is 4.79 Å². The van der Waals surface area contributed by atoms with E-state index in [1.54, 1.807) is 6.20 Å². The van der Waals surface area contributed by atoms with Crippen molar-refractivity contribution in [3.8, 4) is 11.1 Å². The molecule has 1 aromatic heterocycles. The van der Waals surface area contributed by atoms with Crippen LogP contribution < -0.4 is 0 Å². The van der Waals surface area contributed by atoms with Gasteiger partial charge in [-0.1, -0.05) is 41.1 Å². The molecule has 6 heteroatoms. The molecule has 0 N–H and O–H groups in total. The standard InChI is InChI=1S/C19H17ClN4O/c20-17-3-1-2-16(12-17)14-4-6-15(7-5-14)19(25)23-10-8-18(13-23)24-11-9-21-22-24/h1-7,9,11-12,18H,8,10,13H2. The number of nitrogens with zero attached hydrogens (tertiary/aromatic N) is 4. The van der Waals surface area contributed by atoms with E-state index in [0.717, 1.165) is 24.1 Å². The normalized spacial score (nSPS) is 17.0. The van der Waals surface area contributed by atoms with E-state index in [0.29, 0.717) is 17.1 Å². The Morgan fingerprint density at radius 2 is 1.96 bits per heavy atom. The van der Waals surface area contributed by atoms with Crippen LogP contribution in [0.5, 0.6) is 0 Å². The van der Waals surface area contributed by atoms with Crippen molar-refractivity contribution in [2.24, 2.45) is 0 Å². The van der Waals surface area contributed by atoms with Gasteiger partial charge in [-0.15, -0.1) is 5.10 Å². The van der Waals surface area contributed by atoms with Crippen molar-refractivity contribution in [3.05, 3.63) is 71.5 Å². The fraction of sp³-hybridized carbons (Fsp3) is 0.211. The van der Waals surface area contributed by atoms with Crippen LogP contribution in [0.4, 0.5) is 0 Å². The van der Waals surface area contributed by atoms with Gasteiger partial charge in [0.25, 0.3) is 5.91 Å². The monoisotopic (exact) mass is 352 g/mol. The number of aromatic nitrogens is 3. The van der Waals surface area contributed by atoms with Gasteiger partial charge in [0, 0.05) is 29.9 Å². The molecule has 1 fully saturated rings. The maximum atomic E-state index is 12.7. The Morgan fingerprint density at radius 1 is 1.12 bits per heavy atom. The molecule has 0 bridgehead atoms. The zero-order valence-electron chi connectivity index (χ0n) is 13.5. The van der Waals surface area contributed by atoms with Gasteiger partial charge in [0.2, 0.25) is 0 Å². The van der Waals surface area contributed by atoms with Gasteiger partial charge < -0.3 is 4.90 Å². The summed E-state index contributed by atoms with van der Waals surface area (Å²) in [6.45, 7) is 1.40. The van der Waals surface area contributed by atoms with Gasteiger partial charge in [-0.25, -0.2) is 4.68 Å². The predicted molar refractivity (Wildman–Crippen MR) is 96.5 cm³/mol. The van der Waals surface area contributed by atoms with E-state index < -0.39 is 0 Å². The molecule has 1 aliphatic heterocycles. The van der Waals surface area contributed by atoms with Gasteiger partial charge in [0.05, 0.1) is 12.2 Å². The lowest BCUT2D eigenvalue weighted by Gasteiger charge is -2.17. The molecule has 0 spiro atoms. The summed E-state index contributed by atoms with van der Waals surface area (Å²) in [5, 5.41) is 8.58. The second-order valence-corrected chi connectivity index (χ2v) is 6.60. The van der Waals surface area contributed by atoms with Crippen molar-refractivity contribution in [3.63, 3.8) is 0 Å². The Labute approximate surface area is 150 Å². The average Bonchev–Trinajstić information content (AvgIpc) is 3.32. The highest BCUT2D eigenvalue weighted by Crippen LogP contribution is 2.25. The second kappa shape index (κ2) is 6.69. The molecule has 0 aliphatic carbocycles. The van der Waals surface area contributed by atoms with E-state index in [2.05, 4.69) is 10.3 Å². The third-order valence-corrected chi connectivity index (χ3v) is 4.79. The second-order valence-electron chi connectivity index (χ2n) is 6.16. The molecule has 1 atom stereocenters. The fourth-order valence-electron chi connectivity index (χ4n) is 3.21.